The highest BCUT2D eigenvalue weighted by atomic mass is 35.5. The number of nitrogens with zero attached hydrogens (tertiary/aromatic N) is 1. The highest BCUT2D eigenvalue weighted by molar-refractivity contribution is 6.31. The molecule has 132 valence electrons. The number of carboxylic acid groups (broad SMARTS) is 2. The average molecular weight is 359 g/mol. The number of halogens is 1. The molecule has 1 aromatic carbocycles. The van der Waals surface area contributed by atoms with Crippen molar-refractivity contribution in [3.05, 3.63) is 23.2 Å². The Morgan fingerprint density at radius 2 is 2.08 bits per heavy atom. The second-order valence-corrected chi connectivity index (χ2v) is 5.66. The van der Waals surface area contributed by atoms with Gasteiger partial charge in [-0.3, -0.25) is 9.69 Å². The van der Waals surface area contributed by atoms with Gasteiger partial charge in [-0.2, -0.15) is 0 Å². The molecular formula is C15H19ClN2O6. The van der Waals surface area contributed by atoms with E-state index in [-0.39, 0.29) is 5.91 Å². The zero-order valence-electron chi connectivity index (χ0n) is 13.5. The lowest BCUT2D eigenvalue weighted by atomic mass is 10.1. The fourth-order valence-corrected chi connectivity index (χ4v) is 2.13. The fourth-order valence-electron chi connectivity index (χ4n) is 1.96. The van der Waals surface area contributed by atoms with Crippen molar-refractivity contribution in [2.75, 3.05) is 18.5 Å². The molecule has 3 N–H and O–H groups in total. The van der Waals surface area contributed by atoms with Crippen molar-refractivity contribution >= 4 is 35.1 Å². The van der Waals surface area contributed by atoms with Crippen LogP contribution in [0.4, 0.5) is 5.69 Å². The van der Waals surface area contributed by atoms with Gasteiger partial charge in [0.2, 0.25) is 0 Å². The maximum atomic E-state index is 12.2. The third kappa shape index (κ3) is 5.10. The number of aliphatic carboxylic acids is 2. The molecule has 1 aliphatic heterocycles. The molecular weight excluding hydrogens is 340 g/mol. The van der Waals surface area contributed by atoms with Gasteiger partial charge in [-0.15, -0.1) is 0 Å². The minimum Gasteiger partial charge on any atom is -0.539 e. The molecule has 0 fully saturated rings. The zero-order valence-corrected chi connectivity index (χ0v) is 14.2. The summed E-state index contributed by atoms with van der Waals surface area (Å²) in [6, 6.07) is 5.69. The van der Waals surface area contributed by atoms with E-state index in [1.165, 1.54) is 0 Å². The van der Waals surface area contributed by atoms with Crippen LogP contribution in [0.5, 0.6) is 5.75 Å². The van der Waals surface area contributed by atoms with Crippen LogP contribution in [0, 0.1) is 0 Å². The molecule has 0 spiro atoms. The molecule has 9 heteroatoms. The van der Waals surface area contributed by atoms with Crippen molar-refractivity contribution in [1.29, 1.82) is 0 Å². The Morgan fingerprint density at radius 3 is 2.58 bits per heavy atom. The number of benzene rings is 1. The van der Waals surface area contributed by atoms with Crippen molar-refractivity contribution in [1.82, 2.24) is 0 Å². The molecule has 0 radical (unpaired) electrons. The number of amides is 1. The van der Waals surface area contributed by atoms with Crippen LogP contribution in [0.15, 0.2) is 18.2 Å². The molecule has 2 rings (SSSR count). The second-order valence-electron chi connectivity index (χ2n) is 5.22. The maximum Gasteiger partial charge on any atom is 0.351 e. The lowest BCUT2D eigenvalue weighted by molar-refractivity contribution is -0.657. The number of rotatable bonds is 3. The lowest BCUT2D eigenvalue weighted by Crippen LogP contribution is -2.87. The van der Waals surface area contributed by atoms with Gasteiger partial charge in [0, 0.05) is 5.02 Å². The van der Waals surface area contributed by atoms with Gasteiger partial charge in [0.25, 0.3) is 5.91 Å². The summed E-state index contributed by atoms with van der Waals surface area (Å²) in [6.45, 7) is 4.50. The van der Waals surface area contributed by atoms with Crippen molar-refractivity contribution in [2.45, 2.75) is 26.0 Å². The number of anilines is 1. The molecule has 8 nitrogen and oxygen atoms in total. The number of carbonyl (C=O) groups is 3. The quantitative estimate of drug-likeness (QED) is 0.658. The number of carboxylic acids is 2. The van der Waals surface area contributed by atoms with Crippen LogP contribution in [-0.2, 0) is 14.4 Å². The van der Waals surface area contributed by atoms with Crippen LogP contribution in [0.3, 0.4) is 0 Å². The molecule has 2 atom stereocenters. The van der Waals surface area contributed by atoms with Gasteiger partial charge in [0.15, 0.2) is 12.1 Å². The van der Waals surface area contributed by atoms with Crippen LogP contribution in [0.1, 0.15) is 13.8 Å². The largest absolute Gasteiger partial charge is 0.539 e. The molecule has 1 heterocycles. The molecule has 0 aromatic heterocycles. The smallest absolute Gasteiger partial charge is 0.351 e. The predicted molar refractivity (Wildman–Crippen MR) is 83.8 cm³/mol. The molecule has 0 aliphatic carbocycles. The first kappa shape index (κ1) is 19.7. The summed E-state index contributed by atoms with van der Waals surface area (Å²) >= 11 is 6.00. The molecule has 1 aliphatic rings. The van der Waals surface area contributed by atoms with Crippen molar-refractivity contribution in [3.63, 3.8) is 0 Å². The predicted octanol–water partition coefficient (Wildman–Crippen LogP) is -1.14. The Morgan fingerprint density at radius 1 is 1.50 bits per heavy atom. The minimum absolute atomic E-state index is 0.0153. The Labute approximate surface area is 144 Å². The van der Waals surface area contributed by atoms with Crippen molar-refractivity contribution in [3.8, 4) is 5.75 Å². The molecule has 24 heavy (non-hydrogen) atoms. The summed E-state index contributed by atoms with van der Waals surface area (Å²) < 4.78 is 5.58. The van der Waals surface area contributed by atoms with Gasteiger partial charge in [0.05, 0.1) is 19.3 Å². The number of quaternary nitrogens is 1. The second kappa shape index (κ2) is 8.51. The SMILES string of the molecule is C[NH2+]C(C)CN1C(=O)C(C)Oc2ccc(Cl)cc21.O=C([O-])C(=O)O. The summed E-state index contributed by atoms with van der Waals surface area (Å²) in [6.07, 6.45) is -0.442. The average Bonchev–Trinajstić information content (AvgIpc) is 2.52. The zero-order chi connectivity index (χ0) is 18.4. The molecule has 0 saturated heterocycles. The molecule has 1 aromatic rings. The molecule has 2 unspecified atom stereocenters. The number of hydrogen-bond donors (Lipinski definition) is 2. The van der Waals surface area contributed by atoms with Gasteiger partial charge in [0.1, 0.15) is 11.8 Å². The van der Waals surface area contributed by atoms with Gasteiger partial charge >= 0.3 is 5.97 Å². The summed E-state index contributed by atoms with van der Waals surface area (Å²) in [5, 5.41) is 19.0. The third-order valence-corrected chi connectivity index (χ3v) is 3.58. The summed E-state index contributed by atoms with van der Waals surface area (Å²) in [5.41, 5.74) is 0.763. The first-order valence-electron chi connectivity index (χ1n) is 7.18. The van der Waals surface area contributed by atoms with Crippen LogP contribution in [-0.4, -0.2) is 48.7 Å². The van der Waals surface area contributed by atoms with E-state index in [4.69, 9.17) is 36.1 Å². The number of likely N-dealkylation sites (N-methyl/N-ethyl adjacent to an activating group) is 1. The van der Waals surface area contributed by atoms with Gasteiger partial charge in [-0.25, -0.2) is 4.79 Å². The van der Waals surface area contributed by atoms with Gasteiger partial charge in [-0.05, 0) is 32.0 Å². The van der Waals surface area contributed by atoms with Crippen LogP contribution < -0.4 is 20.1 Å². The number of hydrogen-bond acceptors (Lipinski definition) is 5. The monoisotopic (exact) mass is 358 g/mol. The van der Waals surface area contributed by atoms with Crippen molar-refractivity contribution in [2.24, 2.45) is 0 Å². The molecule has 0 bridgehead atoms. The van der Waals surface area contributed by atoms with Crippen LogP contribution >= 0.6 is 11.6 Å². The fraction of sp³-hybridized carbons (Fsp3) is 0.400. The van der Waals surface area contributed by atoms with E-state index < -0.39 is 18.0 Å². The number of nitrogens with two attached hydrogens (primary N) is 1. The summed E-state index contributed by atoms with van der Waals surface area (Å²) in [7, 11) is 2.00. The number of ether oxygens (including phenoxy) is 1. The number of carbonyl (C=O) groups excluding carboxylic acids is 2. The van der Waals surface area contributed by atoms with E-state index in [2.05, 4.69) is 12.2 Å². The van der Waals surface area contributed by atoms with Crippen LogP contribution in [0.2, 0.25) is 5.02 Å². The van der Waals surface area contributed by atoms with E-state index in [1.54, 1.807) is 24.0 Å². The van der Waals surface area contributed by atoms with E-state index in [0.717, 1.165) is 11.4 Å². The highest BCUT2D eigenvalue weighted by Crippen LogP contribution is 2.36. The third-order valence-electron chi connectivity index (χ3n) is 3.34. The van der Waals surface area contributed by atoms with E-state index >= 15 is 0 Å². The van der Waals surface area contributed by atoms with Crippen LogP contribution in [0.25, 0.3) is 0 Å². The highest BCUT2D eigenvalue weighted by Gasteiger charge is 2.32. The van der Waals surface area contributed by atoms with Gasteiger partial charge in [-0.1, -0.05) is 11.6 Å². The summed E-state index contributed by atoms with van der Waals surface area (Å²) in [4.78, 5) is 32.0. The lowest BCUT2D eigenvalue weighted by Gasteiger charge is -2.33. The molecule has 0 saturated carbocycles. The first-order chi connectivity index (χ1) is 11.2. The minimum atomic E-state index is -2.07. The topological polar surface area (TPSA) is 124 Å². The summed E-state index contributed by atoms with van der Waals surface area (Å²) in [5.74, 6) is -3.31. The maximum absolute atomic E-state index is 12.2. The van der Waals surface area contributed by atoms with E-state index in [0.29, 0.717) is 17.6 Å². The number of fused-ring (bicyclic) bond motifs is 1. The molecule has 1 amide bonds. The Kier molecular flexibility index (Phi) is 6.99. The van der Waals surface area contributed by atoms with Gasteiger partial charge < -0.3 is 25.1 Å². The van der Waals surface area contributed by atoms with E-state index in [9.17, 15) is 4.79 Å². The first-order valence-corrected chi connectivity index (χ1v) is 7.56. The van der Waals surface area contributed by atoms with Crippen molar-refractivity contribution < 1.29 is 34.7 Å². The normalized spacial score (nSPS) is 17.1. The van der Waals surface area contributed by atoms with E-state index in [1.807, 2.05) is 13.1 Å². The Bertz CT molecular complexity index is 624. The Balaban J connectivity index is 0.000000413. The standard InChI is InChI=1S/C13H17ClN2O2.C2H2O4/c1-8(15-3)7-16-11-6-10(14)4-5-12(11)18-9(2)13(16)17;3-1(4)2(5)6/h4-6,8-9,15H,7H2,1-3H3;(H,3,4)(H,5,6). The Hall–Kier alpha value is -2.32.